The molecule has 0 spiro atoms. The minimum absolute atomic E-state index is 0.0628. The molecule has 1 aliphatic rings. The van der Waals surface area contributed by atoms with E-state index in [-0.39, 0.29) is 11.1 Å². The van der Waals surface area contributed by atoms with E-state index in [2.05, 4.69) is 25.6 Å². The van der Waals surface area contributed by atoms with Crippen molar-refractivity contribution in [3.05, 3.63) is 65.0 Å². The fraction of sp³-hybridized carbons (Fsp3) is 0.458. The first-order valence-corrected chi connectivity index (χ1v) is 10.1. The van der Waals surface area contributed by atoms with Crippen LogP contribution in [-0.4, -0.2) is 19.7 Å². The number of ether oxygens (including phenoxy) is 1. The molecule has 30 heavy (non-hydrogen) atoms. The molecule has 0 saturated heterocycles. The lowest BCUT2D eigenvalue weighted by molar-refractivity contribution is -0.136. The summed E-state index contributed by atoms with van der Waals surface area (Å²) in [6, 6.07) is 11.9. The molecular weight excluding hydrogens is 389 g/mol. The zero-order chi connectivity index (χ0) is 21.9. The van der Waals surface area contributed by atoms with Crippen LogP contribution in [0.5, 0.6) is 5.75 Å². The lowest BCUT2D eigenvalue weighted by atomic mass is 9.87. The third kappa shape index (κ3) is 5.69. The first-order chi connectivity index (χ1) is 14.1. The van der Waals surface area contributed by atoms with Gasteiger partial charge in [0.2, 0.25) is 0 Å². The lowest BCUT2D eigenvalue weighted by Crippen LogP contribution is -2.30. The molecule has 2 aromatic rings. The molecule has 1 aliphatic carbocycles. The van der Waals surface area contributed by atoms with Gasteiger partial charge < -0.3 is 9.64 Å². The minimum atomic E-state index is -4.55. The third-order valence-corrected chi connectivity index (χ3v) is 5.30. The predicted molar refractivity (Wildman–Crippen MR) is 113 cm³/mol. The summed E-state index contributed by atoms with van der Waals surface area (Å²) < 4.78 is 45.9. The van der Waals surface area contributed by atoms with Crippen LogP contribution in [-0.2, 0) is 11.6 Å². The standard InChI is InChI=1S/C24H27F3N2O/c1-23(2,3)18-7-10-20(11-8-18)30-14-13-29(16-17-5-6-17)19-9-12-22(28-4)21(15-19)24(25,26)27/h7-12,15,17H,5-6,13-14,16H2,1-3H3. The molecular formula is C24H27F3N2O. The number of nitrogens with zero attached hydrogens (tertiary/aromatic N) is 2. The Morgan fingerprint density at radius 1 is 1.07 bits per heavy atom. The highest BCUT2D eigenvalue weighted by molar-refractivity contribution is 5.62. The van der Waals surface area contributed by atoms with Gasteiger partial charge in [-0.05, 0) is 54.0 Å². The Hall–Kier alpha value is -2.68. The second kappa shape index (κ2) is 8.59. The van der Waals surface area contributed by atoms with Crippen LogP contribution in [0.2, 0.25) is 0 Å². The second-order valence-corrected chi connectivity index (χ2v) is 8.82. The normalized spacial score (nSPS) is 14.3. The summed E-state index contributed by atoms with van der Waals surface area (Å²) >= 11 is 0. The molecule has 0 amide bonds. The smallest absolute Gasteiger partial charge is 0.407 e. The maximum absolute atomic E-state index is 13.4. The fourth-order valence-corrected chi connectivity index (χ4v) is 3.31. The zero-order valence-electron chi connectivity index (χ0n) is 17.6. The van der Waals surface area contributed by atoms with E-state index in [9.17, 15) is 13.2 Å². The first kappa shape index (κ1) is 22.0. The van der Waals surface area contributed by atoms with Crippen LogP contribution in [0.25, 0.3) is 4.85 Å². The number of alkyl halides is 3. The topological polar surface area (TPSA) is 16.8 Å². The van der Waals surface area contributed by atoms with E-state index in [1.54, 1.807) is 6.07 Å². The molecule has 6 heteroatoms. The molecule has 0 aliphatic heterocycles. The lowest BCUT2D eigenvalue weighted by Gasteiger charge is -2.26. The van der Waals surface area contributed by atoms with E-state index in [1.165, 1.54) is 11.6 Å². The van der Waals surface area contributed by atoms with Crippen LogP contribution < -0.4 is 9.64 Å². The monoisotopic (exact) mass is 416 g/mol. The highest BCUT2D eigenvalue weighted by Crippen LogP contribution is 2.39. The summed E-state index contributed by atoms with van der Waals surface area (Å²) in [6.07, 6.45) is -2.36. The van der Waals surface area contributed by atoms with E-state index in [0.717, 1.165) is 24.7 Å². The third-order valence-electron chi connectivity index (χ3n) is 5.30. The highest BCUT2D eigenvalue weighted by Gasteiger charge is 2.34. The van der Waals surface area contributed by atoms with Gasteiger partial charge >= 0.3 is 6.18 Å². The van der Waals surface area contributed by atoms with Crippen LogP contribution in [0.15, 0.2) is 42.5 Å². The summed E-state index contributed by atoms with van der Waals surface area (Å²) in [5.74, 6) is 1.25. The Morgan fingerprint density at radius 2 is 1.73 bits per heavy atom. The number of hydrogen-bond acceptors (Lipinski definition) is 2. The quantitative estimate of drug-likeness (QED) is 0.459. The van der Waals surface area contributed by atoms with Crippen molar-refractivity contribution in [2.24, 2.45) is 5.92 Å². The Kier molecular flexibility index (Phi) is 6.30. The van der Waals surface area contributed by atoms with Crippen LogP contribution in [0.1, 0.15) is 44.7 Å². The summed E-state index contributed by atoms with van der Waals surface area (Å²) in [5, 5.41) is 0. The zero-order valence-corrected chi connectivity index (χ0v) is 17.6. The molecule has 3 nitrogen and oxygen atoms in total. The molecule has 0 N–H and O–H groups in total. The van der Waals surface area contributed by atoms with Crippen LogP contribution in [0.4, 0.5) is 24.5 Å². The maximum Gasteiger partial charge on any atom is 0.407 e. The number of hydrogen-bond donors (Lipinski definition) is 0. The largest absolute Gasteiger partial charge is 0.492 e. The molecule has 3 rings (SSSR count). The van der Waals surface area contributed by atoms with Gasteiger partial charge in [-0.25, -0.2) is 4.85 Å². The molecule has 1 saturated carbocycles. The Morgan fingerprint density at radius 3 is 2.27 bits per heavy atom. The molecule has 0 bridgehead atoms. The molecule has 2 aromatic carbocycles. The van der Waals surface area contributed by atoms with Crippen LogP contribution >= 0.6 is 0 Å². The Balaban J connectivity index is 1.70. The van der Waals surface area contributed by atoms with Crippen molar-refractivity contribution >= 4 is 11.4 Å². The molecule has 0 radical (unpaired) electrons. The van der Waals surface area contributed by atoms with Crippen molar-refractivity contribution in [3.63, 3.8) is 0 Å². The number of benzene rings is 2. The number of halogens is 3. The van der Waals surface area contributed by atoms with Gasteiger partial charge in [0.05, 0.1) is 18.7 Å². The second-order valence-electron chi connectivity index (χ2n) is 8.82. The summed E-state index contributed by atoms with van der Waals surface area (Å²) in [5.41, 5.74) is 0.508. The maximum atomic E-state index is 13.4. The van der Waals surface area contributed by atoms with Crippen molar-refractivity contribution < 1.29 is 17.9 Å². The van der Waals surface area contributed by atoms with E-state index >= 15 is 0 Å². The van der Waals surface area contributed by atoms with Crippen molar-refractivity contribution in [1.82, 2.24) is 0 Å². The van der Waals surface area contributed by atoms with Gasteiger partial charge in [0.15, 0.2) is 5.69 Å². The Bertz CT molecular complexity index is 904. The van der Waals surface area contributed by atoms with E-state index in [0.29, 0.717) is 31.3 Å². The van der Waals surface area contributed by atoms with E-state index in [4.69, 9.17) is 11.3 Å². The average molecular weight is 416 g/mol. The van der Waals surface area contributed by atoms with Crippen molar-refractivity contribution in [2.75, 3.05) is 24.6 Å². The van der Waals surface area contributed by atoms with Crippen molar-refractivity contribution in [2.45, 2.75) is 45.2 Å². The first-order valence-electron chi connectivity index (χ1n) is 10.1. The molecule has 0 unspecified atom stereocenters. The number of rotatable bonds is 7. The summed E-state index contributed by atoms with van der Waals surface area (Å²) in [6.45, 7) is 15.0. The SMILES string of the molecule is [C-]#[N+]c1ccc(N(CCOc2ccc(C(C)(C)C)cc2)CC2CC2)cc1C(F)(F)F. The van der Waals surface area contributed by atoms with E-state index < -0.39 is 11.7 Å². The van der Waals surface area contributed by atoms with Crippen molar-refractivity contribution in [3.8, 4) is 5.75 Å². The van der Waals surface area contributed by atoms with E-state index in [1.807, 2.05) is 29.2 Å². The van der Waals surface area contributed by atoms with Gasteiger partial charge in [-0.15, -0.1) is 0 Å². The van der Waals surface area contributed by atoms with Gasteiger partial charge in [-0.2, -0.15) is 13.2 Å². The highest BCUT2D eigenvalue weighted by atomic mass is 19.4. The van der Waals surface area contributed by atoms with Crippen LogP contribution in [0, 0.1) is 12.5 Å². The molecule has 0 atom stereocenters. The molecule has 0 heterocycles. The van der Waals surface area contributed by atoms with Gasteiger partial charge in [0, 0.05) is 12.2 Å². The van der Waals surface area contributed by atoms with Gasteiger partial charge in [0.25, 0.3) is 0 Å². The number of anilines is 1. The molecule has 0 aromatic heterocycles. The summed E-state index contributed by atoms with van der Waals surface area (Å²) in [7, 11) is 0. The van der Waals surface area contributed by atoms with Crippen LogP contribution in [0.3, 0.4) is 0 Å². The van der Waals surface area contributed by atoms with Crippen molar-refractivity contribution in [1.29, 1.82) is 0 Å². The van der Waals surface area contributed by atoms with Gasteiger partial charge in [0.1, 0.15) is 12.4 Å². The van der Waals surface area contributed by atoms with Gasteiger partial charge in [-0.3, -0.25) is 0 Å². The Labute approximate surface area is 176 Å². The molecule has 160 valence electrons. The predicted octanol–water partition coefficient (Wildman–Crippen LogP) is 6.85. The fourth-order valence-electron chi connectivity index (χ4n) is 3.31. The minimum Gasteiger partial charge on any atom is -0.492 e. The molecule has 1 fully saturated rings. The van der Waals surface area contributed by atoms with Gasteiger partial charge in [-0.1, -0.05) is 39.0 Å². The summed E-state index contributed by atoms with van der Waals surface area (Å²) in [4.78, 5) is 4.96. The average Bonchev–Trinajstić information content (AvgIpc) is 3.50.